The number of benzene rings is 1. The monoisotopic (exact) mass is 264 g/mol. The molecule has 0 radical (unpaired) electrons. The average Bonchev–Trinajstić information content (AvgIpc) is 2.39. The van der Waals surface area contributed by atoms with Crippen LogP contribution in [-0.4, -0.2) is 12.1 Å². The van der Waals surface area contributed by atoms with E-state index in [0.29, 0.717) is 17.0 Å². The van der Waals surface area contributed by atoms with Gasteiger partial charge in [0.05, 0.1) is 19.0 Å². The fourth-order valence-corrected chi connectivity index (χ4v) is 2.42. The van der Waals surface area contributed by atoms with Gasteiger partial charge < -0.3 is 10.5 Å². The molecule has 1 aromatic carbocycles. The molecule has 0 spiro atoms. The highest BCUT2D eigenvalue weighted by Crippen LogP contribution is 2.30. The van der Waals surface area contributed by atoms with Crippen LogP contribution < -0.4 is 10.5 Å². The van der Waals surface area contributed by atoms with Crippen LogP contribution in [0, 0.1) is 5.82 Å². The highest BCUT2D eigenvalue weighted by Gasteiger charge is 2.09. The van der Waals surface area contributed by atoms with E-state index in [4.69, 9.17) is 10.5 Å². The summed E-state index contributed by atoms with van der Waals surface area (Å²) < 4.78 is 18.8. The number of nitrogen functional groups attached to an aromatic ring is 1. The topological polar surface area (TPSA) is 48.1 Å². The van der Waals surface area contributed by atoms with Crippen LogP contribution in [0.15, 0.2) is 41.6 Å². The first-order chi connectivity index (χ1) is 8.72. The summed E-state index contributed by atoms with van der Waals surface area (Å²) >= 11 is 1.47. The summed E-state index contributed by atoms with van der Waals surface area (Å²) in [4.78, 5) is 4.81. The first kappa shape index (κ1) is 12.7. The van der Waals surface area contributed by atoms with Crippen molar-refractivity contribution in [3.05, 3.63) is 48.0 Å². The predicted octanol–water partition coefficient (Wildman–Crippen LogP) is 3.10. The Balaban J connectivity index is 2.14. The third kappa shape index (κ3) is 2.73. The van der Waals surface area contributed by atoms with Crippen molar-refractivity contribution in [1.82, 2.24) is 4.98 Å². The van der Waals surface area contributed by atoms with Gasteiger partial charge in [-0.05, 0) is 12.1 Å². The number of hydrogen-bond acceptors (Lipinski definition) is 4. The van der Waals surface area contributed by atoms with Crippen molar-refractivity contribution < 1.29 is 9.13 Å². The number of hydrogen-bond donors (Lipinski definition) is 1. The second-order valence-electron chi connectivity index (χ2n) is 3.64. The normalized spacial score (nSPS) is 10.3. The summed E-state index contributed by atoms with van der Waals surface area (Å²) in [5, 5.41) is 0. The van der Waals surface area contributed by atoms with E-state index in [9.17, 15) is 4.39 Å². The van der Waals surface area contributed by atoms with Crippen molar-refractivity contribution in [3.8, 4) is 5.75 Å². The Morgan fingerprint density at radius 2 is 2.22 bits per heavy atom. The molecule has 0 bridgehead atoms. The Morgan fingerprint density at radius 3 is 2.94 bits per heavy atom. The van der Waals surface area contributed by atoms with Crippen LogP contribution in [0.1, 0.15) is 5.56 Å². The largest absolute Gasteiger partial charge is 0.494 e. The van der Waals surface area contributed by atoms with E-state index in [1.165, 1.54) is 18.9 Å². The zero-order valence-corrected chi connectivity index (χ0v) is 10.7. The summed E-state index contributed by atoms with van der Waals surface area (Å²) in [5.74, 6) is 0.438. The van der Waals surface area contributed by atoms with Crippen molar-refractivity contribution in [2.24, 2.45) is 0 Å². The lowest BCUT2D eigenvalue weighted by molar-refractivity contribution is 0.385. The fraction of sp³-hybridized carbons (Fsp3) is 0.154. The van der Waals surface area contributed by atoms with Crippen molar-refractivity contribution in [3.63, 3.8) is 0 Å². The summed E-state index contributed by atoms with van der Waals surface area (Å²) in [6.07, 6.45) is 3.25. The van der Waals surface area contributed by atoms with Gasteiger partial charge in [0.2, 0.25) is 0 Å². The van der Waals surface area contributed by atoms with E-state index >= 15 is 0 Å². The van der Waals surface area contributed by atoms with Crippen LogP contribution in [0.2, 0.25) is 0 Å². The quantitative estimate of drug-likeness (QED) is 0.862. The van der Waals surface area contributed by atoms with E-state index in [1.54, 1.807) is 30.6 Å². The molecule has 0 amide bonds. The maximum absolute atomic E-state index is 13.9. The lowest BCUT2D eigenvalue weighted by Crippen LogP contribution is -1.94. The molecule has 0 aliphatic rings. The van der Waals surface area contributed by atoms with Gasteiger partial charge in [-0.2, -0.15) is 0 Å². The maximum atomic E-state index is 13.9. The minimum Gasteiger partial charge on any atom is -0.494 e. The molecule has 0 atom stereocenters. The van der Waals surface area contributed by atoms with Gasteiger partial charge in [-0.15, -0.1) is 11.8 Å². The van der Waals surface area contributed by atoms with Gasteiger partial charge in [0, 0.05) is 22.4 Å². The Morgan fingerprint density at radius 1 is 1.39 bits per heavy atom. The summed E-state index contributed by atoms with van der Waals surface area (Å²) in [5.41, 5.74) is 6.97. The van der Waals surface area contributed by atoms with Gasteiger partial charge in [-0.3, -0.25) is 4.98 Å². The van der Waals surface area contributed by atoms with Crippen LogP contribution >= 0.6 is 11.8 Å². The number of rotatable bonds is 4. The zero-order chi connectivity index (χ0) is 13.0. The number of aromatic nitrogens is 1. The zero-order valence-electron chi connectivity index (χ0n) is 9.89. The molecule has 94 valence electrons. The van der Waals surface area contributed by atoms with E-state index < -0.39 is 0 Å². The summed E-state index contributed by atoms with van der Waals surface area (Å²) in [6, 6.07) is 6.93. The molecule has 0 saturated heterocycles. The molecule has 0 unspecified atom stereocenters. The van der Waals surface area contributed by atoms with Gasteiger partial charge in [-0.1, -0.05) is 12.1 Å². The van der Waals surface area contributed by atoms with E-state index in [1.807, 2.05) is 6.07 Å². The van der Waals surface area contributed by atoms with Crippen molar-refractivity contribution in [2.75, 3.05) is 12.8 Å². The minimum atomic E-state index is -0.319. The molecule has 1 heterocycles. The van der Waals surface area contributed by atoms with Gasteiger partial charge in [-0.25, -0.2) is 4.39 Å². The molecule has 0 fully saturated rings. The molecule has 18 heavy (non-hydrogen) atoms. The summed E-state index contributed by atoms with van der Waals surface area (Å²) in [6.45, 7) is 0. The molecule has 1 aromatic heterocycles. The number of anilines is 1. The second-order valence-corrected chi connectivity index (χ2v) is 4.65. The van der Waals surface area contributed by atoms with Gasteiger partial charge in [0.1, 0.15) is 0 Å². The van der Waals surface area contributed by atoms with E-state index in [2.05, 4.69) is 4.98 Å². The molecule has 5 heteroatoms. The third-order valence-corrected chi connectivity index (χ3v) is 3.59. The van der Waals surface area contributed by atoms with Crippen molar-refractivity contribution in [1.29, 1.82) is 0 Å². The Bertz CT molecular complexity index is 548. The molecule has 3 nitrogen and oxygen atoms in total. The highest BCUT2D eigenvalue weighted by molar-refractivity contribution is 7.98. The molecule has 2 aromatic rings. The first-order valence-electron chi connectivity index (χ1n) is 5.36. The lowest BCUT2D eigenvalue weighted by atomic mass is 10.2. The van der Waals surface area contributed by atoms with Crippen LogP contribution in [0.5, 0.6) is 5.75 Å². The molecular formula is C13H13FN2OS. The minimum absolute atomic E-state index is 0.260. The Kier molecular flexibility index (Phi) is 4.04. The van der Waals surface area contributed by atoms with Gasteiger partial charge in [0.15, 0.2) is 11.6 Å². The van der Waals surface area contributed by atoms with Crippen molar-refractivity contribution >= 4 is 17.4 Å². The molecule has 2 rings (SSSR count). The maximum Gasteiger partial charge on any atom is 0.169 e. The van der Waals surface area contributed by atoms with Crippen LogP contribution in [-0.2, 0) is 5.75 Å². The third-order valence-electron chi connectivity index (χ3n) is 2.46. The smallest absolute Gasteiger partial charge is 0.169 e. The van der Waals surface area contributed by atoms with Crippen LogP contribution in [0.4, 0.5) is 10.1 Å². The number of nitrogens with zero attached hydrogens (tertiary/aromatic N) is 1. The van der Waals surface area contributed by atoms with E-state index in [-0.39, 0.29) is 11.6 Å². The van der Waals surface area contributed by atoms with E-state index in [0.717, 1.165) is 4.90 Å². The Hall–Kier alpha value is -1.75. The fourth-order valence-electron chi connectivity index (χ4n) is 1.51. The van der Waals surface area contributed by atoms with Crippen LogP contribution in [0.3, 0.4) is 0 Å². The number of halogens is 1. The standard InChI is InChI=1S/C13H13FN2OS/c1-17-11-4-2-3-9(13(11)14)8-18-12-5-6-16-7-10(12)15/h2-7H,8,15H2,1H3. The second kappa shape index (κ2) is 5.73. The number of methoxy groups -OCH3 is 1. The molecular weight excluding hydrogens is 251 g/mol. The Labute approximate surface area is 109 Å². The average molecular weight is 264 g/mol. The van der Waals surface area contributed by atoms with Crippen LogP contribution in [0.25, 0.3) is 0 Å². The number of ether oxygens (including phenoxy) is 1. The predicted molar refractivity (Wildman–Crippen MR) is 71.2 cm³/mol. The molecule has 0 aliphatic carbocycles. The lowest BCUT2D eigenvalue weighted by Gasteiger charge is -2.08. The molecule has 0 aliphatic heterocycles. The number of nitrogens with two attached hydrogens (primary N) is 1. The molecule has 2 N–H and O–H groups in total. The SMILES string of the molecule is COc1cccc(CSc2ccncc2N)c1F. The summed E-state index contributed by atoms with van der Waals surface area (Å²) in [7, 11) is 1.45. The van der Waals surface area contributed by atoms with Gasteiger partial charge >= 0.3 is 0 Å². The number of thioether (sulfide) groups is 1. The van der Waals surface area contributed by atoms with Crippen molar-refractivity contribution in [2.45, 2.75) is 10.6 Å². The van der Waals surface area contributed by atoms with Gasteiger partial charge in [0.25, 0.3) is 0 Å². The highest BCUT2D eigenvalue weighted by atomic mass is 32.2. The molecule has 0 saturated carbocycles. The number of pyridine rings is 1. The first-order valence-corrected chi connectivity index (χ1v) is 6.34.